The van der Waals surface area contributed by atoms with Crippen molar-refractivity contribution in [1.29, 1.82) is 0 Å². The number of carbonyl (C=O) groups is 3. The monoisotopic (exact) mass is 388 g/mol. The molecule has 2 fully saturated rings. The van der Waals surface area contributed by atoms with Gasteiger partial charge in [-0.25, -0.2) is 4.79 Å². The van der Waals surface area contributed by atoms with Crippen molar-refractivity contribution in [2.75, 3.05) is 32.8 Å². The predicted octanol–water partition coefficient (Wildman–Crippen LogP) is 0.580. The molecule has 2 aliphatic heterocycles. The van der Waals surface area contributed by atoms with Gasteiger partial charge in [-0.1, -0.05) is 44.2 Å². The topological polar surface area (TPSA) is 91.0 Å². The number of amides is 4. The van der Waals surface area contributed by atoms with Crippen molar-refractivity contribution >= 4 is 17.8 Å². The molecule has 8 heteroatoms. The Bertz CT molecular complexity index is 709. The molecule has 2 heterocycles. The Kier molecular flexibility index (Phi) is 6.64. The molecule has 2 N–H and O–H groups in total. The first-order valence-corrected chi connectivity index (χ1v) is 9.70. The van der Waals surface area contributed by atoms with Crippen LogP contribution in [-0.4, -0.2) is 72.6 Å². The number of ether oxygens (including phenoxy) is 1. The molecule has 152 valence electrons. The van der Waals surface area contributed by atoms with E-state index in [2.05, 4.69) is 27.7 Å². The van der Waals surface area contributed by atoms with Crippen LogP contribution in [0.25, 0.3) is 0 Å². The van der Waals surface area contributed by atoms with Gasteiger partial charge in [0.25, 0.3) is 5.91 Å². The number of morpholine rings is 1. The maximum Gasteiger partial charge on any atom is 0.325 e. The second-order valence-corrected chi connectivity index (χ2v) is 7.61. The molecule has 0 spiro atoms. The fourth-order valence-corrected chi connectivity index (χ4v) is 3.46. The summed E-state index contributed by atoms with van der Waals surface area (Å²) < 4.78 is 5.74. The van der Waals surface area contributed by atoms with Gasteiger partial charge < -0.3 is 15.4 Å². The summed E-state index contributed by atoms with van der Waals surface area (Å²) in [6, 6.07) is 9.15. The maximum absolute atomic E-state index is 12.2. The van der Waals surface area contributed by atoms with Crippen LogP contribution in [0.5, 0.6) is 0 Å². The fourth-order valence-electron chi connectivity index (χ4n) is 3.46. The smallest absolute Gasteiger partial charge is 0.325 e. The second kappa shape index (κ2) is 9.16. The largest absolute Gasteiger partial charge is 0.374 e. The lowest BCUT2D eigenvalue weighted by Gasteiger charge is -2.33. The van der Waals surface area contributed by atoms with E-state index in [1.807, 2.05) is 32.0 Å². The van der Waals surface area contributed by atoms with Gasteiger partial charge in [-0.05, 0) is 11.5 Å². The average Bonchev–Trinajstić information content (AvgIpc) is 2.96. The number of hydrogen-bond acceptors (Lipinski definition) is 5. The first-order chi connectivity index (χ1) is 13.4. The van der Waals surface area contributed by atoms with Gasteiger partial charge in [-0.2, -0.15) is 0 Å². The van der Waals surface area contributed by atoms with Crippen molar-refractivity contribution in [3.63, 3.8) is 0 Å². The van der Waals surface area contributed by atoms with Crippen molar-refractivity contribution in [3.05, 3.63) is 35.9 Å². The van der Waals surface area contributed by atoms with E-state index in [-0.39, 0.29) is 30.4 Å². The summed E-state index contributed by atoms with van der Waals surface area (Å²) in [5.41, 5.74) is 1.24. The molecule has 3 rings (SSSR count). The zero-order chi connectivity index (χ0) is 20.1. The Morgan fingerprint density at radius 3 is 2.71 bits per heavy atom. The van der Waals surface area contributed by atoms with Crippen molar-refractivity contribution in [2.24, 2.45) is 5.92 Å². The highest BCUT2D eigenvalue weighted by Crippen LogP contribution is 2.13. The maximum atomic E-state index is 12.2. The molecule has 0 aromatic heterocycles. The number of carbonyl (C=O) groups excluding carboxylic acids is 3. The molecule has 1 aromatic rings. The molecule has 28 heavy (non-hydrogen) atoms. The molecule has 0 saturated carbocycles. The molecule has 2 saturated heterocycles. The third kappa shape index (κ3) is 5.08. The molecule has 0 radical (unpaired) electrons. The lowest BCUT2D eigenvalue weighted by atomic mass is 10.1. The highest BCUT2D eigenvalue weighted by atomic mass is 16.5. The summed E-state index contributed by atoms with van der Waals surface area (Å²) in [5.74, 6) is -0.731. The number of hydrogen-bond donors (Lipinski definition) is 2. The zero-order valence-corrected chi connectivity index (χ0v) is 16.4. The molecule has 8 nitrogen and oxygen atoms in total. The first-order valence-electron chi connectivity index (χ1n) is 9.70. The Labute approximate surface area is 165 Å². The van der Waals surface area contributed by atoms with Crippen LogP contribution < -0.4 is 10.6 Å². The van der Waals surface area contributed by atoms with Crippen LogP contribution in [0, 0.1) is 5.92 Å². The number of nitrogens with zero attached hydrogens (tertiary/aromatic N) is 2. The van der Waals surface area contributed by atoms with Gasteiger partial charge in [-0.15, -0.1) is 0 Å². The summed E-state index contributed by atoms with van der Waals surface area (Å²) in [6.45, 7) is 6.80. The minimum Gasteiger partial charge on any atom is -0.374 e. The minimum absolute atomic E-state index is 0.0178. The minimum atomic E-state index is -0.562. The summed E-state index contributed by atoms with van der Waals surface area (Å²) in [5, 5.41) is 5.40. The van der Waals surface area contributed by atoms with E-state index < -0.39 is 12.1 Å². The molecular weight excluding hydrogens is 360 g/mol. The fraction of sp³-hybridized carbons (Fsp3) is 0.550. The summed E-state index contributed by atoms with van der Waals surface area (Å²) >= 11 is 0. The van der Waals surface area contributed by atoms with E-state index in [1.54, 1.807) is 0 Å². The number of benzene rings is 1. The van der Waals surface area contributed by atoms with Crippen LogP contribution in [0.2, 0.25) is 0 Å². The van der Waals surface area contributed by atoms with E-state index in [0.717, 1.165) is 18.0 Å². The number of nitrogens with one attached hydrogen (secondary N) is 2. The lowest BCUT2D eigenvalue weighted by molar-refractivity contribution is -0.133. The van der Waals surface area contributed by atoms with E-state index in [1.165, 1.54) is 5.56 Å². The number of urea groups is 1. The highest BCUT2D eigenvalue weighted by Gasteiger charge is 2.40. The van der Waals surface area contributed by atoms with Gasteiger partial charge in [-0.3, -0.25) is 19.4 Å². The van der Waals surface area contributed by atoms with Gasteiger partial charge in [0.1, 0.15) is 12.6 Å². The molecule has 1 aromatic carbocycles. The van der Waals surface area contributed by atoms with Crippen LogP contribution in [0.3, 0.4) is 0 Å². The van der Waals surface area contributed by atoms with Crippen LogP contribution in [0.15, 0.2) is 30.3 Å². The molecule has 2 atom stereocenters. The highest BCUT2D eigenvalue weighted by molar-refractivity contribution is 6.06. The van der Waals surface area contributed by atoms with Gasteiger partial charge in [0, 0.05) is 26.2 Å². The average molecular weight is 388 g/mol. The Balaban J connectivity index is 1.44. The predicted molar refractivity (Wildman–Crippen MR) is 103 cm³/mol. The lowest BCUT2D eigenvalue weighted by Crippen LogP contribution is -2.49. The molecule has 0 bridgehead atoms. The summed E-state index contributed by atoms with van der Waals surface area (Å²) in [4.78, 5) is 39.7. The number of imide groups is 1. The molecule has 0 unspecified atom stereocenters. The summed E-state index contributed by atoms with van der Waals surface area (Å²) in [6.07, 6.45) is -0.118. The van der Waals surface area contributed by atoms with E-state index >= 15 is 0 Å². The zero-order valence-electron chi connectivity index (χ0n) is 16.4. The van der Waals surface area contributed by atoms with Crippen molar-refractivity contribution in [1.82, 2.24) is 20.4 Å². The van der Waals surface area contributed by atoms with E-state index in [0.29, 0.717) is 19.7 Å². The molecular formula is C20H28N4O4. The van der Waals surface area contributed by atoms with Crippen molar-refractivity contribution in [3.8, 4) is 0 Å². The van der Waals surface area contributed by atoms with Gasteiger partial charge >= 0.3 is 6.03 Å². The normalized spacial score (nSPS) is 23.2. The third-order valence-corrected chi connectivity index (χ3v) is 5.02. The van der Waals surface area contributed by atoms with Crippen molar-refractivity contribution < 1.29 is 19.1 Å². The quantitative estimate of drug-likeness (QED) is 0.667. The van der Waals surface area contributed by atoms with Crippen LogP contribution in [0.1, 0.15) is 19.4 Å². The Hall–Kier alpha value is -2.45. The Morgan fingerprint density at radius 1 is 1.29 bits per heavy atom. The van der Waals surface area contributed by atoms with Crippen LogP contribution in [-0.2, 0) is 20.9 Å². The Morgan fingerprint density at radius 2 is 2.04 bits per heavy atom. The van der Waals surface area contributed by atoms with Gasteiger partial charge in [0.15, 0.2) is 0 Å². The van der Waals surface area contributed by atoms with Crippen LogP contribution >= 0.6 is 0 Å². The van der Waals surface area contributed by atoms with Gasteiger partial charge in [0.05, 0.1) is 12.7 Å². The molecule has 0 aliphatic carbocycles. The SMILES string of the molecule is CC(C)[C@H]1NC(=O)N(CC(=O)NC[C@@H]2CN(Cc3ccccc3)CCO2)C1=O. The summed E-state index contributed by atoms with van der Waals surface area (Å²) in [7, 11) is 0. The number of rotatable bonds is 7. The first kappa shape index (κ1) is 20.3. The third-order valence-electron chi connectivity index (χ3n) is 5.02. The van der Waals surface area contributed by atoms with E-state index in [9.17, 15) is 14.4 Å². The van der Waals surface area contributed by atoms with Crippen LogP contribution in [0.4, 0.5) is 4.79 Å². The standard InChI is InChI=1S/C20H28N4O4/c1-14(2)18-19(26)24(20(27)22-18)13-17(25)21-10-16-12-23(8-9-28-16)11-15-6-4-3-5-7-15/h3-7,14,16,18H,8-13H2,1-2H3,(H,21,25)(H,22,27)/t16-,18-/m1/s1. The molecule has 2 aliphatic rings. The molecule has 4 amide bonds. The van der Waals surface area contributed by atoms with E-state index in [4.69, 9.17) is 4.74 Å². The van der Waals surface area contributed by atoms with Gasteiger partial charge in [0.2, 0.25) is 5.91 Å². The second-order valence-electron chi connectivity index (χ2n) is 7.61. The van der Waals surface area contributed by atoms with Crippen molar-refractivity contribution in [2.45, 2.75) is 32.5 Å².